The molecule has 134 heavy (non-hydrogen) atoms. The average Bonchev–Trinajstić information content (AvgIpc) is 0.924. The summed E-state index contributed by atoms with van der Waals surface area (Å²) >= 11 is 3.85. The van der Waals surface area contributed by atoms with E-state index < -0.39 is 0 Å². The number of rotatable bonds is 93. The van der Waals surface area contributed by atoms with Gasteiger partial charge in [-0.3, -0.25) is 43.2 Å². The van der Waals surface area contributed by atoms with Crippen LogP contribution in [0.3, 0.4) is 0 Å². The molecule has 0 aliphatic rings. The zero-order valence-corrected chi connectivity index (χ0v) is 91.2. The molecule has 786 valence electrons. The number of allylic oxidation sites excluding steroid dienone is 3. The van der Waals surface area contributed by atoms with E-state index in [2.05, 4.69) is 90.3 Å². The van der Waals surface area contributed by atoms with Crippen LogP contribution >= 0.6 is 35.3 Å². The van der Waals surface area contributed by atoms with E-state index >= 15 is 0 Å². The normalized spacial score (nSPS) is 11.5. The Balaban J connectivity index is -0.00000192. The van der Waals surface area contributed by atoms with Gasteiger partial charge < -0.3 is 58.7 Å². The van der Waals surface area contributed by atoms with Crippen molar-refractivity contribution in [1.29, 1.82) is 0 Å². The standard InChI is InChI=1S/C38H72N2O5S.C37H70N2O5S.C35H66N2O5S/c1-6-9-12-15-16-19-25-33-44-36(41)28-23-20-24-30-40(38(43)46-34-32-39(4)5)31-29-37(42)45-35(26-21-17-13-10-7-2)27-22-18-14-11-8-3;1-4-7-10-13-14-17-23-32-43-35(40)27-21-18-22-30-39(37(42)45-33-29-38)31-24-28-36(41)44-34(25-19-15-11-8-5-2)26-20-16-12-9-6-3;1-6-9-12-15-16-17-20-30-41-33(38)25-21-27-37(35(40)43-31-29-36(4)5)28-22-26-34(39)42-32(23-18-13-10-7-2)24-19-14-11-8-3/h19,25,35H,6-18,20-24,26-34H2,1-5H3;17,23,34H,4-16,18-22,24-33,38H2,1-3H3;17,20,32H,6-16,18-19,21-31H2,1-5H3/b25-19-;23-17-;20-17-. The van der Waals surface area contributed by atoms with E-state index in [1.54, 1.807) is 9.80 Å². The molecule has 3 amide bonds. The summed E-state index contributed by atoms with van der Waals surface area (Å²) in [6, 6.07) is 0. The summed E-state index contributed by atoms with van der Waals surface area (Å²) in [6.07, 6.45) is 77.5. The van der Waals surface area contributed by atoms with E-state index in [0.717, 1.165) is 148 Å². The van der Waals surface area contributed by atoms with E-state index in [0.29, 0.717) is 128 Å². The highest BCUT2D eigenvalue weighted by Crippen LogP contribution is 2.24. The van der Waals surface area contributed by atoms with Gasteiger partial charge in [-0.25, -0.2) is 0 Å². The summed E-state index contributed by atoms with van der Waals surface area (Å²) in [5.41, 5.74) is 5.62. The zero-order valence-electron chi connectivity index (χ0n) is 88.7. The first-order valence-corrected chi connectivity index (χ1v) is 57.9. The SMILES string of the molecule is CCCCCC/C=C\COC(=O)CCCCCN(CCC(=O)OC(CCCCCCC)CCCCCCC)C(=O)SCCN(C)C.CCCCCC/C=C\COC(=O)CCCCCN(CCCC(=O)OC(CCCCCCC)CCCCCCC)C(=O)SCCN.CCCCCC/C=C\COC(=O)CCCN(CCCC(=O)OC(CCCCCC)CCCCCC)C(=O)SCCN(C)C. The summed E-state index contributed by atoms with van der Waals surface area (Å²) in [5, 5.41) is 0.0185. The zero-order chi connectivity index (χ0) is 99.3. The fraction of sp³-hybridized carbons (Fsp3) is 0.864. The summed E-state index contributed by atoms with van der Waals surface area (Å²) in [7, 11) is 7.97. The van der Waals surface area contributed by atoms with Crippen molar-refractivity contribution in [1.82, 2.24) is 24.5 Å². The molecule has 21 nitrogen and oxygen atoms in total. The molecule has 0 heterocycles. The molecule has 0 unspecified atom stereocenters. The summed E-state index contributed by atoms with van der Waals surface area (Å²) < 4.78 is 33.8. The number of amides is 3. The number of hydrogen-bond acceptors (Lipinski definition) is 21. The number of carbonyl (C=O) groups is 9. The van der Waals surface area contributed by atoms with Gasteiger partial charge in [0.2, 0.25) is 0 Å². The Morgan fingerprint density at radius 2 is 0.463 bits per heavy atom. The molecule has 0 aliphatic carbocycles. The second-order valence-corrected chi connectivity index (χ2v) is 40.4. The molecule has 0 radical (unpaired) electrons. The lowest BCUT2D eigenvalue weighted by molar-refractivity contribution is -0.151. The van der Waals surface area contributed by atoms with Gasteiger partial charge in [0.05, 0.1) is 6.42 Å². The van der Waals surface area contributed by atoms with Gasteiger partial charge >= 0.3 is 35.8 Å². The Labute approximate surface area is 835 Å². The van der Waals surface area contributed by atoms with Gasteiger partial charge in [-0.2, -0.15) is 0 Å². The highest BCUT2D eigenvalue weighted by molar-refractivity contribution is 8.14. The Kier molecular flexibility index (Phi) is 105. The van der Waals surface area contributed by atoms with Crippen LogP contribution in [-0.2, 0) is 57.2 Å². The third-order valence-electron chi connectivity index (χ3n) is 23.6. The molecule has 0 saturated heterocycles. The predicted octanol–water partition coefficient (Wildman–Crippen LogP) is 29.7. The number of nitrogens with two attached hydrogens (primary N) is 1. The lowest BCUT2D eigenvalue weighted by Crippen LogP contribution is -2.32. The number of unbranched alkanes of at least 4 members (excludes halogenated alkanes) is 38. The molecule has 0 rings (SSSR count). The first kappa shape index (κ1) is 134. The number of esters is 6. The largest absolute Gasteiger partial charge is 0.462 e. The van der Waals surface area contributed by atoms with Crippen molar-refractivity contribution >= 4 is 86.8 Å². The lowest BCUT2D eigenvalue weighted by atomic mass is 10.0. The van der Waals surface area contributed by atoms with Gasteiger partial charge in [-0.1, -0.05) is 346 Å². The van der Waals surface area contributed by atoms with Crippen molar-refractivity contribution in [2.75, 3.05) is 124 Å². The monoisotopic (exact) mass is 1950 g/mol. The molecule has 0 bridgehead atoms. The Hall–Kier alpha value is -4.62. The molecule has 2 N–H and O–H groups in total. The van der Waals surface area contributed by atoms with Crippen LogP contribution in [0.2, 0.25) is 0 Å². The molecule has 0 atom stereocenters. The smallest absolute Gasteiger partial charge is 0.307 e. The third kappa shape index (κ3) is 97.6. The number of thioether (sulfide) groups is 3. The van der Waals surface area contributed by atoms with Crippen molar-refractivity contribution in [2.45, 2.75) is 492 Å². The first-order valence-electron chi connectivity index (χ1n) is 54.9. The van der Waals surface area contributed by atoms with Crippen LogP contribution in [0.5, 0.6) is 0 Å². The fourth-order valence-corrected chi connectivity index (χ4v) is 17.8. The molecule has 0 aromatic heterocycles. The van der Waals surface area contributed by atoms with Gasteiger partial charge in [-0.05, 0) is 189 Å². The van der Waals surface area contributed by atoms with Crippen LogP contribution in [0.15, 0.2) is 36.5 Å². The number of ether oxygens (including phenoxy) is 6. The molecule has 0 aliphatic heterocycles. The quantitative estimate of drug-likeness (QED) is 0.0257. The molecule has 0 spiro atoms. The van der Waals surface area contributed by atoms with Crippen LogP contribution in [0.1, 0.15) is 473 Å². The van der Waals surface area contributed by atoms with Crippen LogP contribution < -0.4 is 5.73 Å². The Morgan fingerprint density at radius 1 is 0.239 bits per heavy atom. The molecular weight excluding hydrogens is 1740 g/mol. The van der Waals surface area contributed by atoms with Gasteiger partial charge in [0.25, 0.3) is 15.7 Å². The van der Waals surface area contributed by atoms with Crippen LogP contribution in [0, 0.1) is 0 Å². The highest BCUT2D eigenvalue weighted by atomic mass is 32.2. The number of carbonyl (C=O) groups excluding carboxylic acids is 9. The van der Waals surface area contributed by atoms with Gasteiger partial charge in [0.15, 0.2) is 0 Å². The van der Waals surface area contributed by atoms with Crippen LogP contribution in [-0.4, -0.2) is 219 Å². The minimum absolute atomic E-state index is 0.000633. The van der Waals surface area contributed by atoms with Crippen molar-refractivity contribution in [3.63, 3.8) is 0 Å². The highest BCUT2D eigenvalue weighted by Gasteiger charge is 2.24. The van der Waals surface area contributed by atoms with E-state index in [9.17, 15) is 43.2 Å². The minimum Gasteiger partial charge on any atom is -0.462 e. The van der Waals surface area contributed by atoms with Crippen molar-refractivity contribution in [3.05, 3.63) is 36.5 Å². The average molecular weight is 1950 g/mol. The van der Waals surface area contributed by atoms with Crippen LogP contribution in [0.4, 0.5) is 14.4 Å². The minimum atomic E-state index is -0.240. The van der Waals surface area contributed by atoms with Crippen molar-refractivity contribution in [3.8, 4) is 0 Å². The van der Waals surface area contributed by atoms with Gasteiger partial charge in [0, 0.05) is 108 Å². The molecule has 0 fully saturated rings. The van der Waals surface area contributed by atoms with E-state index in [-0.39, 0.29) is 82.7 Å². The van der Waals surface area contributed by atoms with Crippen molar-refractivity contribution in [2.24, 2.45) is 5.73 Å². The topological polar surface area (TPSA) is 251 Å². The summed E-state index contributed by atoms with van der Waals surface area (Å²) in [5.74, 6) is 0.913. The van der Waals surface area contributed by atoms with Gasteiger partial charge in [-0.15, -0.1) is 0 Å². The predicted molar refractivity (Wildman–Crippen MR) is 571 cm³/mol. The Morgan fingerprint density at radius 3 is 0.739 bits per heavy atom. The summed E-state index contributed by atoms with van der Waals surface area (Å²) in [4.78, 5) is 123. The van der Waals surface area contributed by atoms with Crippen LogP contribution in [0.25, 0.3) is 0 Å². The van der Waals surface area contributed by atoms with E-state index in [1.807, 2.05) is 51.3 Å². The van der Waals surface area contributed by atoms with Crippen molar-refractivity contribution < 1.29 is 71.6 Å². The van der Waals surface area contributed by atoms with E-state index in [1.165, 1.54) is 254 Å². The van der Waals surface area contributed by atoms with E-state index in [4.69, 9.17) is 34.2 Å². The summed E-state index contributed by atoms with van der Waals surface area (Å²) in [6.45, 7) is 26.0. The molecule has 24 heteroatoms. The van der Waals surface area contributed by atoms with Gasteiger partial charge in [0.1, 0.15) is 38.1 Å². The maximum Gasteiger partial charge on any atom is 0.307 e. The Bertz CT molecular complexity index is 2740. The second kappa shape index (κ2) is 106. The maximum absolute atomic E-state index is 13.1. The fourth-order valence-electron chi connectivity index (χ4n) is 15.2. The molecule has 0 aromatic carbocycles. The third-order valence-corrected chi connectivity index (χ3v) is 26.4. The molecule has 0 aromatic rings. The number of nitrogens with zero attached hydrogens (tertiary/aromatic N) is 5. The first-order chi connectivity index (χ1) is 65.1. The maximum atomic E-state index is 13.1. The second-order valence-electron chi connectivity index (χ2n) is 37.2. The number of hydrogen-bond donors (Lipinski definition) is 1. The lowest BCUT2D eigenvalue weighted by Gasteiger charge is -2.23. The molecular formula is C110H208N6O15S3. The molecule has 0 saturated carbocycles.